The number of amides is 1. The van der Waals surface area contributed by atoms with Gasteiger partial charge in [-0.25, -0.2) is 0 Å². The highest BCUT2D eigenvalue weighted by molar-refractivity contribution is 5.81. The lowest BCUT2D eigenvalue weighted by atomic mass is 10.1. The maximum Gasteiger partial charge on any atom is 0.252 e. The zero-order chi connectivity index (χ0) is 11.5. The first-order valence-electron chi connectivity index (χ1n) is 6.00. The summed E-state index contributed by atoms with van der Waals surface area (Å²) in [5, 5.41) is 0. The molecular formula is C12H20N2O2. The Balaban J connectivity index is 1.89. The molecule has 2 heterocycles. The van der Waals surface area contributed by atoms with E-state index >= 15 is 0 Å². The molecule has 1 fully saturated rings. The number of nitrogens with two attached hydrogens (primary N) is 1. The van der Waals surface area contributed by atoms with Gasteiger partial charge in [0.2, 0.25) is 0 Å². The van der Waals surface area contributed by atoms with Gasteiger partial charge in [-0.1, -0.05) is 11.6 Å². The molecule has 0 aromatic heterocycles. The number of nitrogens with zero attached hydrogens (tertiary/aromatic N) is 1. The van der Waals surface area contributed by atoms with E-state index in [1.54, 1.807) is 0 Å². The number of carbonyl (C=O) groups excluding carboxylic acids is 1. The van der Waals surface area contributed by atoms with E-state index in [-0.39, 0.29) is 18.1 Å². The molecule has 2 N–H and O–H groups in total. The van der Waals surface area contributed by atoms with Gasteiger partial charge in [0.15, 0.2) is 0 Å². The molecule has 0 aromatic rings. The minimum absolute atomic E-state index is 0.0796. The van der Waals surface area contributed by atoms with Crippen molar-refractivity contribution >= 4 is 5.91 Å². The smallest absolute Gasteiger partial charge is 0.252 e. The average molecular weight is 224 g/mol. The fourth-order valence-electron chi connectivity index (χ4n) is 2.24. The minimum atomic E-state index is -0.250. The SMILES string of the molecule is CC1=CCN(C(=O)C2CCC(CN)O2)CC1. The van der Waals surface area contributed by atoms with Crippen LogP contribution in [0.3, 0.4) is 0 Å². The first kappa shape index (κ1) is 11.6. The van der Waals surface area contributed by atoms with Crippen LogP contribution in [0, 0.1) is 0 Å². The van der Waals surface area contributed by atoms with Gasteiger partial charge in [0.1, 0.15) is 6.10 Å². The first-order valence-corrected chi connectivity index (χ1v) is 6.00. The van der Waals surface area contributed by atoms with E-state index in [0.717, 1.165) is 32.4 Å². The minimum Gasteiger partial charge on any atom is -0.364 e. The molecule has 90 valence electrons. The lowest BCUT2D eigenvalue weighted by Crippen LogP contribution is -2.41. The van der Waals surface area contributed by atoms with E-state index in [1.807, 2.05) is 4.90 Å². The van der Waals surface area contributed by atoms with Gasteiger partial charge in [0, 0.05) is 19.6 Å². The standard InChI is InChI=1S/C12H20N2O2/c1-9-4-6-14(7-5-9)12(15)11-3-2-10(8-13)16-11/h4,10-11H,2-3,5-8,13H2,1H3. The van der Waals surface area contributed by atoms with Gasteiger partial charge in [-0.3, -0.25) is 4.79 Å². The van der Waals surface area contributed by atoms with E-state index in [2.05, 4.69) is 13.0 Å². The molecular weight excluding hydrogens is 204 g/mol. The molecule has 0 radical (unpaired) electrons. The normalized spacial score (nSPS) is 30.4. The lowest BCUT2D eigenvalue weighted by Gasteiger charge is -2.27. The number of ether oxygens (including phenoxy) is 1. The molecule has 1 amide bonds. The summed E-state index contributed by atoms with van der Waals surface area (Å²) in [7, 11) is 0. The molecule has 0 spiro atoms. The Kier molecular flexibility index (Phi) is 3.61. The lowest BCUT2D eigenvalue weighted by molar-refractivity contribution is -0.142. The maximum atomic E-state index is 12.1. The molecule has 2 aliphatic rings. The Hall–Kier alpha value is -0.870. The highest BCUT2D eigenvalue weighted by Crippen LogP contribution is 2.22. The topological polar surface area (TPSA) is 55.6 Å². The molecule has 2 aliphatic heterocycles. The van der Waals surface area contributed by atoms with Gasteiger partial charge in [0.05, 0.1) is 6.10 Å². The van der Waals surface area contributed by atoms with Crippen molar-refractivity contribution in [3.8, 4) is 0 Å². The van der Waals surface area contributed by atoms with E-state index in [0.29, 0.717) is 6.54 Å². The molecule has 16 heavy (non-hydrogen) atoms. The number of hydrogen-bond donors (Lipinski definition) is 1. The van der Waals surface area contributed by atoms with Crippen molar-refractivity contribution in [1.29, 1.82) is 0 Å². The molecule has 2 atom stereocenters. The van der Waals surface area contributed by atoms with Crippen molar-refractivity contribution in [3.63, 3.8) is 0 Å². The van der Waals surface area contributed by atoms with Crippen molar-refractivity contribution in [1.82, 2.24) is 4.90 Å². The maximum absolute atomic E-state index is 12.1. The quantitative estimate of drug-likeness (QED) is 0.701. The van der Waals surface area contributed by atoms with Crippen LogP contribution >= 0.6 is 0 Å². The van der Waals surface area contributed by atoms with Crippen LogP contribution in [-0.4, -0.2) is 42.6 Å². The van der Waals surface area contributed by atoms with Crippen LogP contribution in [0.2, 0.25) is 0 Å². The van der Waals surface area contributed by atoms with E-state index in [1.165, 1.54) is 5.57 Å². The van der Waals surface area contributed by atoms with Crippen LogP contribution in [0.25, 0.3) is 0 Å². The fourth-order valence-corrected chi connectivity index (χ4v) is 2.24. The summed E-state index contributed by atoms with van der Waals surface area (Å²) in [6.07, 6.45) is 4.67. The molecule has 4 nitrogen and oxygen atoms in total. The van der Waals surface area contributed by atoms with Gasteiger partial charge < -0.3 is 15.4 Å². The van der Waals surface area contributed by atoms with Crippen molar-refractivity contribution in [2.75, 3.05) is 19.6 Å². The summed E-state index contributed by atoms with van der Waals surface area (Å²) in [6.45, 7) is 4.19. The predicted molar refractivity (Wildman–Crippen MR) is 61.9 cm³/mol. The Morgan fingerprint density at radius 1 is 1.62 bits per heavy atom. The van der Waals surface area contributed by atoms with Crippen LogP contribution in [0.5, 0.6) is 0 Å². The third-order valence-corrected chi connectivity index (χ3v) is 3.39. The predicted octanol–water partition coefficient (Wildman–Crippen LogP) is 0.671. The third-order valence-electron chi connectivity index (χ3n) is 3.39. The monoisotopic (exact) mass is 224 g/mol. The van der Waals surface area contributed by atoms with E-state index in [9.17, 15) is 4.79 Å². The van der Waals surface area contributed by atoms with Crippen LogP contribution in [0.1, 0.15) is 26.2 Å². The van der Waals surface area contributed by atoms with Crippen molar-refractivity contribution in [2.24, 2.45) is 5.73 Å². The summed E-state index contributed by atoms with van der Waals surface area (Å²) in [5.41, 5.74) is 6.90. The van der Waals surface area contributed by atoms with Gasteiger partial charge in [-0.05, 0) is 26.2 Å². The van der Waals surface area contributed by atoms with Gasteiger partial charge in [-0.2, -0.15) is 0 Å². The molecule has 2 rings (SSSR count). The van der Waals surface area contributed by atoms with Gasteiger partial charge in [0.25, 0.3) is 5.91 Å². The van der Waals surface area contributed by atoms with Crippen LogP contribution in [0.15, 0.2) is 11.6 Å². The van der Waals surface area contributed by atoms with Crippen molar-refractivity contribution in [3.05, 3.63) is 11.6 Å². The molecule has 1 saturated heterocycles. The highest BCUT2D eigenvalue weighted by atomic mass is 16.5. The second-order valence-electron chi connectivity index (χ2n) is 4.64. The summed E-state index contributed by atoms with van der Waals surface area (Å²) in [6, 6.07) is 0. The zero-order valence-electron chi connectivity index (χ0n) is 9.82. The fraction of sp³-hybridized carbons (Fsp3) is 0.750. The van der Waals surface area contributed by atoms with E-state index in [4.69, 9.17) is 10.5 Å². The van der Waals surface area contributed by atoms with Crippen LogP contribution < -0.4 is 5.73 Å². The van der Waals surface area contributed by atoms with E-state index < -0.39 is 0 Å². The van der Waals surface area contributed by atoms with Gasteiger partial charge in [-0.15, -0.1) is 0 Å². The second kappa shape index (κ2) is 4.97. The molecule has 4 heteroatoms. The molecule has 0 saturated carbocycles. The zero-order valence-corrected chi connectivity index (χ0v) is 9.82. The van der Waals surface area contributed by atoms with Crippen LogP contribution in [-0.2, 0) is 9.53 Å². The van der Waals surface area contributed by atoms with Crippen LogP contribution in [0.4, 0.5) is 0 Å². The largest absolute Gasteiger partial charge is 0.364 e. The third kappa shape index (κ3) is 2.44. The molecule has 0 aromatic carbocycles. The average Bonchev–Trinajstić information content (AvgIpc) is 2.77. The molecule has 2 unspecified atom stereocenters. The number of rotatable bonds is 2. The Morgan fingerprint density at radius 2 is 2.44 bits per heavy atom. The highest BCUT2D eigenvalue weighted by Gasteiger charge is 2.32. The number of carbonyl (C=O) groups is 1. The Labute approximate surface area is 96.4 Å². The Morgan fingerprint density at radius 3 is 3.00 bits per heavy atom. The Bertz CT molecular complexity index is 301. The molecule has 0 aliphatic carbocycles. The summed E-state index contributed by atoms with van der Waals surface area (Å²) in [5.74, 6) is 0.139. The first-order chi connectivity index (χ1) is 7.70. The molecule has 0 bridgehead atoms. The second-order valence-corrected chi connectivity index (χ2v) is 4.64. The van der Waals surface area contributed by atoms with Gasteiger partial charge >= 0.3 is 0 Å². The summed E-state index contributed by atoms with van der Waals surface area (Å²) in [4.78, 5) is 14.0. The number of hydrogen-bond acceptors (Lipinski definition) is 3. The summed E-state index contributed by atoms with van der Waals surface area (Å²) >= 11 is 0. The van der Waals surface area contributed by atoms with Crippen molar-refractivity contribution < 1.29 is 9.53 Å². The summed E-state index contributed by atoms with van der Waals surface area (Å²) < 4.78 is 5.62. The van der Waals surface area contributed by atoms with Crippen molar-refractivity contribution in [2.45, 2.75) is 38.4 Å².